The van der Waals surface area contributed by atoms with Crippen LogP contribution < -0.4 is 4.74 Å². The summed E-state index contributed by atoms with van der Waals surface area (Å²) in [6.07, 6.45) is -5.77. The topological polar surface area (TPSA) is 190 Å². The number of phenols is 5. The SMILES string of the molecule is Oc1cc(O)c2c(c1)OC(c1cc(O)c(O)c(O)c1)C(OC1OCC(O)C(O)C1O)=C2. The predicted octanol–water partition coefficient (Wildman–Crippen LogP) is 0.145. The molecule has 2 aromatic rings. The van der Waals surface area contributed by atoms with Crippen molar-refractivity contribution in [3.8, 4) is 34.5 Å². The summed E-state index contributed by atoms with van der Waals surface area (Å²) in [7, 11) is 0. The number of aliphatic hydroxyl groups excluding tert-OH is 3. The lowest BCUT2D eigenvalue weighted by Gasteiger charge is -2.37. The molecule has 0 bridgehead atoms. The molecule has 2 aliphatic rings. The van der Waals surface area contributed by atoms with Gasteiger partial charge in [0.15, 0.2) is 23.4 Å². The molecule has 0 radical (unpaired) electrons. The second-order valence-electron chi connectivity index (χ2n) is 7.20. The molecule has 31 heavy (non-hydrogen) atoms. The second-order valence-corrected chi connectivity index (χ2v) is 7.20. The molecule has 0 saturated carbocycles. The van der Waals surface area contributed by atoms with Crippen LogP contribution in [-0.2, 0) is 9.47 Å². The Balaban J connectivity index is 1.76. The number of aromatic hydroxyl groups is 5. The fraction of sp³-hybridized carbons (Fsp3) is 0.300. The molecular formula is C20H20O11. The monoisotopic (exact) mass is 436 g/mol. The number of hydrogen-bond acceptors (Lipinski definition) is 11. The zero-order valence-electron chi connectivity index (χ0n) is 15.8. The largest absolute Gasteiger partial charge is 0.508 e. The van der Waals surface area contributed by atoms with Crippen LogP contribution in [0.25, 0.3) is 6.08 Å². The smallest absolute Gasteiger partial charge is 0.228 e. The van der Waals surface area contributed by atoms with E-state index in [0.29, 0.717) is 0 Å². The number of rotatable bonds is 3. The zero-order valence-corrected chi connectivity index (χ0v) is 15.8. The Labute approximate surface area is 174 Å². The van der Waals surface area contributed by atoms with E-state index < -0.39 is 48.0 Å². The van der Waals surface area contributed by atoms with E-state index in [0.717, 1.165) is 18.2 Å². The van der Waals surface area contributed by atoms with E-state index in [1.807, 2.05) is 0 Å². The Morgan fingerprint density at radius 2 is 1.52 bits per heavy atom. The van der Waals surface area contributed by atoms with E-state index in [9.17, 15) is 40.9 Å². The molecule has 2 aromatic carbocycles. The highest BCUT2D eigenvalue weighted by Crippen LogP contribution is 2.46. The molecule has 2 heterocycles. The van der Waals surface area contributed by atoms with Gasteiger partial charge in [-0.2, -0.15) is 0 Å². The molecule has 2 aliphatic heterocycles. The van der Waals surface area contributed by atoms with Crippen LogP contribution in [0.3, 0.4) is 0 Å². The Morgan fingerprint density at radius 3 is 2.19 bits per heavy atom. The number of aliphatic hydroxyl groups is 3. The molecule has 5 atom stereocenters. The number of benzene rings is 2. The van der Waals surface area contributed by atoms with E-state index in [1.165, 1.54) is 12.1 Å². The standard InChI is InChI=1S/C20H20O11/c21-8-3-10(22)9-5-15(31-20-18(28)17(27)13(25)6-29-20)19(30-14(9)4-8)7-1-11(23)16(26)12(24)2-7/h1-5,13,17-28H,6H2. The van der Waals surface area contributed by atoms with Gasteiger partial charge in [-0.05, 0) is 18.2 Å². The molecule has 11 heteroatoms. The first-order valence-corrected chi connectivity index (χ1v) is 9.17. The quantitative estimate of drug-likeness (QED) is 0.306. The second kappa shape index (κ2) is 7.71. The summed E-state index contributed by atoms with van der Waals surface area (Å²) in [6, 6.07) is 4.49. The van der Waals surface area contributed by atoms with Gasteiger partial charge in [0.1, 0.15) is 41.3 Å². The molecule has 0 aromatic heterocycles. The van der Waals surface area contributed by atoms with Gasteiger partial charge in [0.2, 0.25) is 6.29 Å². The lowest BCUT2D eigenvalue weighted by Crippen LogP contribution is -2.53. The third kappa shape index (κ3) is 3.75. The Hall–Kier alpha value is -3.38. The summed E-state index contributed by atoms with van der Waals surface area (Å²) in [5.74, 6) is -2.68. The minimum absolute atomic E-state index is 0.0440. The number of phenolic OH excluding ortho intramolecular Hbond substituents is 5. The maximum atomic E-state index is 10.2. The van der Waals surface area contributed by atoms with E-state index in [2.05, 4.69) is 0 Å². The third-order valence-corrected chi connectivity index (χ3v) is 5.00. The van der Waals surface area contributed by atoms with Crippen LogP contribution in [0.1, 0.15) is 17.2 Å². The van der Waals surface area contributed by atoms with Gasteiger partial charge in [-0.25, -0.2) is 0 Å². The van der Waals surface area contributed by atoms with Gasteiger partial charge in [0.05, 0.1) is 12.2 Å². The lowest BCUT2D eigenvalue weighted by atomic mass is 10.00. The van der Waals surface area contributed by atoms with Crippen LogP contribution in [0.5, 0.6) is 34.5 Å². The van der Waals surface area contributed by atoms with Crippen LogP contribution in [0, 0.1) is 0 Å². The number of fused-ring (bicyclic) bond motifs is 1. The summed E-state index contributed by atoms with van der Waals surface area (Å²) in [5, 5.41) is 79.0. The average Bonchev–Trinajstić information content (AvgIpc) is 2.72. The highest BCUT2D eigenvalue weighted by atomic mass is 16.7. The minimum atomic E-state index is -1.62. The molecule has 8 N–H and O–H groups in total. The fourth-order valence-corrected chi connectivity index (χ4v) is 3.37. The van der Waals surface area contributed by atoms with Gasteiger partial charge in [-0.15, -0.1) is 0 Å². The molecule has 11 nitrogen and oxygen atoms in total. The summed E-state index contributed by atoms with van der Waals surface area (Å²) in [6.45, 7) is -0.321. The molecule has 1 saturated heterocycles. The molecule has 5 unspecified atom stereocenters. The van der Waals surface area contributed by atoms with E-state index in [4.69, 9.17) is 14.2 Å². The summed E-state index contributed by atoms with van der Waals surface area (Å²) in [5.41, 5.74) is 0.237. The van der Waals surface area contributed by atoms with Crippen molar-refractivity contribution in [3.63, 3.8) is 0 Å². The Morgan fingerprint density at radius 1 is 0.839 bits per heavy atom. The first-order chi connectivity index (χ1) is 14.7. The third-order valence-electron chi connectivity index (χ3n) is 5.00. The van der Waals surface area contributed by atoms with Crippen LogP contribution >= 0.6 is 0 Å². The van der Waals surface area contributed by atoms with E-state index in [-0.39, 0.29) is 40.7 Å². The van der Waals surface area contributed by atoms with Crippen LogP contribution in [0.2, 0.25) is 0 Å². The Kier molecular flexibility index (Phi) is 5.19. The fourth-order valence-electron chi connectivity index (χ4n) is 3.37. The van der Waals surface area contributed by atoms with Gasteiger partial charge in [0.25, 0.3) is 0 Å². The zero-order chi connectivity index (χ0) is 22.4. The molecule has 0 aliphatic carbocycles. The minimum Gasteiger partial charge on any atom is -0.508 e. The molecule has 1 fully saturated rings. The van der Waals surface area contributed by atoms with Crippen molar-refractivity contribution in [1.29, 1.82) is 0 Å². The summed E-state index contributed by atoms with van der Waals surface area (Å²) in [4.78, 5) is 0. The lowest BCUT2D eigenvalue weighted by molar-refractivity contribution is -0.261. The van der Waals surface area contributed by atoms with Crippen molar-refractivity contribution in [2.45, 2.75) is 30.7 Å². The van der Waals surface area contributed by atoms with Crippen molar-refractivity contribution in [2.75, 3.05) is 6.61 Å². The van der Waals surface area contributed by atoms with Crippen molar-refractivity contribution in [2.24, 2.45) is 0 Å². The highest BCUT2D eigenvalue weighted by molar-refractivity contribution is 5.70. The maximum absolute atomic E-state index is 10.2. The molecule has 4 rings (SSSR count). The van der Waals surface area contributed by atoms with Crippen LogP contribution in [-0.4, -0.2) is 72.1 Å². The summed E-state index contributed by atoms with van der Waals surface area (Å²) >= 11 is 0. The normalized spacial score (nSPS) is 27.7. The van der Waals surface area contributed by atoms with Gasteiger partial charge in [-0.1, -0.05) is 0 Å². The van der Waals surface area contributed by atoms with Crippen LogP contribution in [0.4, 0.5) is 0 Å². The number of ether oxygens (including phenoxy) is 3. The Bertz CT molecular complexity index is 1010. The van der Waals surface area contributed by atoms with Crippen molar-refractivity contribution in [1.82, 2.24) is 0 Å². The van der Waals surface area contributed by atoms with Crippen molar-refractivity contribution >= 4 is 6.08 Å². The van der Waals surface area contributed by atoms with Gasteiger partial charge >= 0.3 is 0 Å². The predicted molar refractivity (Wildman–Crippen MR) is 101 cm³/mol. The first kappa shape index (κ1) is 20.9. The van der Waals surface area contributed by atoms with Crippen molar-refractivity contribution < 1.29 is 55.1 Å². The number of hydrogen-bond donors (Lipinski definition) is 8. The van der Waals surface area contributed by atoms with Gasteiger partial charge in [-0.3, -0.25) is 0 Å². The first-order valence-electron chi connectivity index (χ1n) is 9.17. The molecule has 166 valence electrons. The van der Waals surface area contributed by atoms with Crippen LogP contribution in [0.15, 0.2) is 30.0 Å². The van der Waals surface area contributed by atoms with Crippen molar-refractivity contribution in [3.05, 3.63) is 41.2 Å². The molecular weight excluding hydrogens is 416 g/mol. The van der Waals surface area contributed by atoms with Gasteiger partial charge in [0, 0.05) is 17.7 Å². The average molecular weight is 436 g/mol. The molecule has 0 spiro atoms. The van der Waals surface area contributed by atoms with Gasteiger partial charge < -0.3 is 55.1 Å². The van der Waals surface area contributed by atoms with E-state index in [1.54, 1.807) is 0 Å². The maximum Gasteiger partial charge on any atom is 0.228 e. The highest BCUT2D eigenvalue weighted by Gasteiger charge is 2.41. The van der Waals surface area contributed by atoms with E-state index >= 15 is 0 Å². The molecule has 0 amide bonds. The summed E-state index contributed by atoms with van der Waals surface area (Å²) < 4.78 is 16.7.